The van der Waals surface area contributed by atoms with E-state index in [1.165, 1.54) is 6.42 Å². The van der Waals surface area contributed by atoms with Crippen molar-refractivity contribution in [3.63, 3.8) is 0 Å². The van der Waals surface area contributed by atoms with Crippen LogP contribution in [0.15, 0.2) is 12.7 Å². The predicted octanol–water partition coefficient (Wildman–Crippen LogP) is 2.41. The normalized spacial score (nSPS) is 13.1. The van der Waals surface area contributed by atoms with Crippen molar-refractivity contribution in [2.75, 3.05) is 6.61 Å². The van der Waals surface area contributed by atoms with Crippen LogP contribution in [0.4, 0.5) is 0 Å². The third kappa shape index (κ3) is 4.22. The monoisotopic (exact) mass is 127 g/mol. The fourth-order valence-electron chi connectivity index (χ4n) is 0.736. The smallest absolute Gasteiger partial charge is 0.0884 e. The third-order valence-electron chi connectivity index (χ3n) is 1.48. The van der Waals surface area contributed by atoms with Gasteiger partial charge in [0.2, 0.25) is 0 Å². The second kappa shape index (κ2) is 5.83. The van der Waals surface area contributed by atoms with Crippen LogP contribution in [0.25, 0.3) is 0 Å². The standard InChI is InChI=1S/C8H15O/c1-3-5-6-8(4-2)7-9/h4,8H,2-3,5-7H2,1H3. The van der Waals surface area contributed by atoms with Crippen molar-refractivity contribution in [1.82, 2.24) is 0 Å². The van der Waals surface area contributed by atoms with Gasteiger partial charge in [-0.2, -0.15) is 0 Å². The van der Waals surface area contributed by atoms with Crippen molar-refractivity contribution in [2.24, 2.45) is 5.92 Å². The van der Waals surface area contributed by atoms with Gasteiger partial charge in [-0.1, -0.05) is 25.8 Å². The molecule has 1 atom stereocenters. The van der Waals surface area contributed by atoms with Gasteiger partial charge >= 0.3 is 0 Å². The van der Waals surface area contributed by atoms with Gasteiger partial charge in [0.25, 0.3) is 0 Å². The van der Waals surface area contributed by atoms with E-state index in [0.717, 1.165) is 12.8 Å². The molecule has 0 saturated heterocycles. The Labute approximate surface area is 57.4 Å². The van der Waals surface area contributed by atoms with Crippen molar-refractivity contribution >= 4 is 0 Å². The molecule has 0 aromatic heterocycles. The lowest BCUT2D eigenvalue weighted by Gasteiger charge is -2.04. The summed E-state index contributed by atoms with van der Waals surface area (Å²) in [5.41, 5.74) is 0. The quantitative estimate of drug-likeness (QED) is 0.505. The molecule has 0 aromatic rings. The summed E-state index contributed by atoms with van der Waals surface area (Å²) < 4.78 is 0. The SMILES string of the molecule is C=CC(C[O])CCCC. The van der Waals surface area contributed by atoms with Crippen LogP contribution in [-0.4, -0.2) is 6.61 Å². The Morgan fingerprint density at radius 1 is 1.67 bits per heavy atom. The lowest BCUT2D eigenvalue weighted by molar-refractivity contribution is 0.157. The Hall–Kier alpha value is -0.300. The van der Waals surface area contributed by atoms with E-state index in [9.17, 15) is 5.11 Å². The largest absolute Gasteiger partial charge is 0.236 e. The minimum Gasteiger partial charge on any atom is -0.236 e. The zero-order valence-electron chi connectivity index (χ0n) is 6.10. The van der Waals surface area contributed by atoms with Gasteiger partial charge in [-0.3, -0.25) is 0 Å². The second-order valence-electron chi connectivity index (χ2n) is 2.30. The Bertz CT molecular complexity index is 69.0. The molecule has 1 heteroatoms. The molecular formula is C8H15O. The molecule has 0 rings (SSSR count). The molecule has 0 aliphatic carbocycles. The number of unbranched alkanes of at least 4 members (excludes halogenated alkanes) is 1. The summed E-state index contributed by atoms with van der Waals surface area (Å²) in [7, 11) is 0. The van der Waals surface area contributed by atoms with Crippen LogP contribution in [-0.2, 0) is 5.11 Å². The molecule has 0 heterocycles. The summed E-state index contributed by atoms with van der Waals surface area (Å²) in [6, 6.07) is 0. The highest BCUT2D eigenvalue weighted by atomic mass is 16.3. The minimum absolute atomic E-state index is 0.00347. The van der Waals surface area contributed by atoms with Crippen LogP contribution in [0.1, 0.15) is 26.2 Å². The molecule has 0 aliphatic rings. The van der Waals surface area contributed by atoms with E-state index in [4.69, 9.17) is 0 Å². The van der Waals surface area contributed by atoms with Crippen LogP contribution in [0.2, 0.25) is 0 Å². The van der Waals surface area contributed by atoms with E-state index in [-0.39, 0.29) is 12.5 Å². The summed E-state index contributed by atoms with van der Waals surface area (Å²) in [6.07, 6.45) is 5.11. The Morgan fingerprint density at radius 2 is 2.33 bits per heavy atom. The van der Waals surface area contributed by atoms with Crippen LogP contribution < -0.4 is 0 Å². The molecule has 0 bridgehead atoms. The molecule has 0 N–H and O–H groups in total. The maximum atomic E-state index is 10.3. The minimum atomic E-state index is 0.00347. The number of hydrogen-bond donors (Lipinski definition) is 0. The first-order chi connectivity index (χ1) is 4.35. The molecule has 9 heavy (non-hydrogen) atoms. The van der Waals surface area contributed by atoms with E-state index >= 15 is 0 Å². The number of hydrogen-bond acceptors (Lipinski definition) is 0. The topological polar surface area (TPSA) is 19.9 Å². The summed E-state index contributed by atoms with van der Waals surface area (Å²) >= 11 is 0. The van der Waals surface area contributed by atoms with E-state index in [0.29, 0.717) is 0 Å². The van der Waals surface area contributed by atoms with Crippen molar-refractivity contribution in [1.29, 1.82) is 0 Å². The van der Waals surface area contributed by atoms with Gasteiger partial charge in [-0.25, -0.2) is 5.11 Å². The van der Waals surface area contributed by atoms with Gasteiger partial charge in [0.1, 0.15) is 0 Å². The first-order valence-corrected chi connectivity index (χ1v) is 3.55. The van der Waals surface area contributed by atoms with E-state index < -0.39 is 0 Å². The van der Waals surface area contributed by atoms with Crippen molar-refractivity contribution in [2.45, 2.75) is 26.2 Å². The Kier molecular flexibility index (Phi) is 5.64. The first-order valence-electron chi connectivity index (χ1n) is 3.55. The maximum absolute atomic E-state index is 10.3. The molecular weight excluding hydrogens is 112 g/mol. The predicted molar refractivity (Wildman–Crippen MR) is 38.8 cm³/mol. The Balaban J connectivity index is 3.20. The van der Waals surface area contributed by atoms with Crippen molar-refractivity contribution in [3.05, 3.63) is 12.7 Å². The fourth-order valence-corrected chi connectivity index (χ4v) is 0.736. The molecule has 0 aromatic carbocycles. The van der Waals surface area contributed by atoms with E-state index in [2.05, 4.69) is 13.5 Å². The molecule has 0 spiro atoms. The number of rotatable bonds is 5. The van der Waals surface area contributed by atoms with Gasteiger partial charge in [0, 0.05) is 5.92 Å². The van der Waals surface area contributed by atoms with Gasteiger partial charge < -0.3 is 0 Å². The molecule has 0 saturated carbocycles. The molecule has 0 aliphatic heterocycles. The summed E-state index contributed by atoms with van der Waals surface area (Å²) in [5.74, 6) is 0.213. The lowest BCUT2D eigenvalue weighted by Crippen LogP contribution is -1.99. The fraction of sp³-hybridized carbons (Fsp3) is 0.750. The maximum Gasteiger partial charge on any atom is 0.0884 e. The summed E-state index contributed by atoms with van der Waals surface area (Å²) in [6.45, 7) is 5.72. The van der Waals surface area contributed by atoms with E-state index in [1.54, 1.807) is 6.08 Å². The second-order valence-corrected chi connectivity index (χ2v) is 2.30. The molecule has 0 amide bonds. The highest BCUT2D eigenvalue weighted by Gasteiger charge is 1.99. The molecule has 1 unspecified atom stereocenters. The van der Waals surface area contributed by atoms with Crippen molar-refractivity contribution < 1.29 is 5.11 Å². The first kappa shape index (κ1) is 8.70. The summed E-state index contributed by atoms with van der Waals surface area (Å²) in [4.78, 5) is 0. The zero-order chi connectivity index (χ0) is 7.11. The van der Waals surface area contributed by atoms with Gasteiger partial charge in [0.15, 0.2) is 0 Å². The van der Waals surface area contributed by atoms with Crippen LogP contribution >= 0.6 is 0 Å². The van der Waals surface area contributed by atoms with Crippen LogP contribution in [0.5, 0.6) is 0 Å². The highest BCUT2D eigenvalue weighted by Crippen LogP contribution is 2.07. The summed E-state index contributed by atoms with van der Waals surface area (Å²) in [5, 5.41) is 10.3. The average Bonchev–Trinajstić information content (AvgIpc) is 1.91. The Morgan fingerprint density at radius 3 is 2.67 bits per heavy atom. The lowest BCUT2D eigenvalue weighted by atomic mass is 10.0. The molecule has 53 valence electrons. The highest BCUT2D eigenvalue weighted by molar-refractivity contribution is 4.77. The average molecular weight is 127 g/mol. The molecule has 0 fully saturated rings. The molecule has 1 nitrogen and oxygen atoms in total. The molecule has 1 radical (unpaired) electrons. The van der Waals surface area contributed by atoms with Gasteiger partial charge in [-0.15, -0.1) is 6.58 Å². The van der Waals surface area contributed by atoms with Crippen LogP contribution in [0.3, 0.4) is 0 Å². The van der Waals surface area contributed by atoms with Gasteiger partial charge in [-0.05, 0) is 6.42 Å². The van der Waals surface area contributed by atoms with E-state index in [1.807, 2.05) is 0 Å². The van der Waals surface area contributed by atoms with Gasteiger partial charge in [0.05, 0.1) is 6.61 Å². The van der Waals surface area contributed by atoms with Crippen LogP contribution in [0, 0.1) is 5.92 Å². The van der Waals surface area contributed by atoms with Crippen molar-refractivity contribution in [3.8, 4) is 0 Å². The zero-order valence-corrected chi connectivity index (χ0v) is 6.10. The third-order valence-corrected chi connectivity index (χ3v) is 1.48.